The molecule has 0 fully saturated rings. The fourth-order valence-corrected chi connectivity index (χ4v) is 4.43. The average molecular weight is 434 g/mol. The minimum atomic E-state index is -0.728. The highest BCUT2D eigenvalue weighted by atomic mass is 27.2. The minimum Gasteiger partial charge on any atom is -0.615 e. The van der Waals surface area contributed by atoms with Gasteiger partial charge >= 0.3 is 15.9 Å². The molecule has 0 unspecified atom stereocenters. The lowest BCUT2D eigenvalue weighted by molar-refractivity contribution is 0.453. The molecule has 0 aromatic heterocycles. The summed E-state index contributed by atoms with van der Waals surface area (Å²) in [5, 5.41) is 0. The molecule has 1 aliphatic rings. The van der Waals surface area contributed by atoms with Crippen LogP contribution in [0.25, 0.3) is 0 Å². The van der Waals surface area contributed by atoms with Gasteiger partial charge in [-0.15, -0.1) is 0 Å². The molecule has 0 spiro atoms. The summed E-state index contributed by atoms with van der Waals surface area (Å²) in [6.07, 6.45) is 3.83. The lowest BCUT2D eigenvalue weighted by Crippen LogP contribution is -2.17. The highest BCUT2D eigenvalue weighted by Crippen LogP contribution is 2.33. The van der Waals surface area contributed by atoms with Gasteiger partial charge in [0.2, 0.25) is 0 Å². The van der Waals surface area contributed by atoms with Crippen molar-refractivity contribution in [2.24, 2.45) is 9.98 Å². The molecule has 31 heavy (non-hydrogen) atoms. The Kier molecular flexibility index (Phi) is 6.99. The van der Waals surface area contributed by atoms with Crippen LogP contribution in [0.1, 0.15) is 74.9 Å². The molecular weight excluding hydrogens is 399 g/mol. The topological polar surface area (TPSA) is 43.2 Å². The molecule has 0 bridgehead atoms. The molecule has 0 aliphatic carbocycles. The number of fused-ring (bicyclic) bond motifs is 2. The summed E-state index contributed by atoms with van der Waals surface area (Å²) in [4.78, 5) is 9.24. The molecule has 163 valence electrons. The standard InChI is InChI=1S/C26H36N2O2.Al/c1-17-11-21(25(3,4)5)13-19(23(17)29)15-27-9-10-28-16-20-14-22(26(6,7)8)12-18(2)24(20)30;/h11-16,29-30H,9-10H2,1-8H3;/q;+2/p-2. The summed E-state index contributed by atoms with van der Waals surface area (Å²) in [6.45, 7) is 18.8. The third-order valence-electron chi connectivity index (χ3n) is 5.49. The second kappa shape index (κ2) is 9.19. The van der Waals surface area contributed by atoms with Gasteiger partial charge in [0.1, 0.15) is 0 Å². The van der Waals surface area contributed by atoms with Crippen LogP contribution in [0, 0.1) is 13.8 Å². The van der Waals surface area contributed by atoms with Gasteiger partial charge in [0, 0.05) is 23.6 Å². The average Bonchev–Trinajstić information content (AvgIpc) is 2.67. The van der Waals surface area contributed by atoms with Crippen molar-refractivity contribution in [3.8, 4) is 11.5 Å². The van der Waals surface area contributed by atoms with Crippen molar-refractivity contribution in [3.63, 3.8) is 0 Å². The molecule has 2 aromatic rings. The van der Waals surface area contributed by atoms with E-state index in [1.54, 1.807) is 0 Å². The van der Waals surface area contributed by atoms with E-state index in [-0.39, 0.29) is 10.8 Å². The molecule has 2 aromatic carbocycles. The van der Waals surface area contributed by atoms with Crippen molar-refractivity contribution >= 4 is 28.3 Å². The van der Waals surface area contributed by atoms with Crippen LogP contribution in [0.4, 0.5) is 0 Å². The predicted octanol–water partition coefficient (Wildman–Crippen LogP) is 5.74. The van der Waals surface area contributed by atoms with E-state index in [4.69, 9.17) is 7.58 Å². The number of hydrogen-bond acceptors (Lipinski definition) is 4. The summed E-state index contributed by atoms with van der Waals surface area (Å²) in [5.74, 6) is 1.72. The number of rotatable bonds is 0. The zero-order chi connectivity index (χ0) is 22.8. The van der Waals surface area contributed by atoms with Crippen LogP contribution in [0.5, 0.6) is 11.5 Å². The molecule has 0 saturated heterocycles. The van der Waals surface area contributed by atoms with Gasteiger partial charge in [0.15, 0.2) is 0 Å². The lowest BCUT2D eigenvalue weighted by Gasteiger charge is -2.24. The Hall–Kier alpha value is -2.09. The van der Waals surface area contributed by atoms with Gasteiger partial charge in [-0.05, 0) is 59.1 Å². The van der Waals surface area contributed by atoms with Crippen molar-refractivity contribution in [1.82, 2.24) is 0 Å². The quantitative estimate of drug-likeness (QED) is 0.497. The number of aliphatic imine (C=N–C) groups is 2. The van der Waals surface area contributed by atoms with Gasteiger partial charge in [-0.2, -0.15) is 0 Å². The Morgan fingerprint density at radius 3 is 1.42 bits per heavy atom. The van der Waals surface area contributed by atoms with Crippen molar-refractivity contribution in [1.29, 1.82) is 0 Å². The Morgan fingerprint density at radius 2 is 1.06 bits per heavy atom. The smallest absolute Gasteiger partial charge is 0.615 e. The summed E-state index contributed by atoms with van der Waals surface area (Å²) >= 11 is -0.728. The zero-order valence-corrected chi connectivity index (χ0v) is 21.3. The Morgan fingerprint density at radius 1 is 0.677 bits per heavy atom. The monoisotopic (exact) mass is 433 g/mol. The number of benzene rings is 2. The zero-order valence-electron chi connectivity index (χ0n) is 20.2. The molecule has 5 heteroatoms. The van der Waals surface area contributed by atoms with Gasteiger partial charge in [-0.3, -0.25) is 9.98 Å². The van der Waals surface area contributed by atoms with Gasteiger partial charge in [0.25, 0.3) is 0 Å². The van der Waals surface area contributed by atoms with E-state index in [1.165, 1.54) is 11.1 Å². The van der Waals surface area contributed by atoms with E-state index in [9.17, 15) is 0 Å². The Bertz CT molecular complexity index is 930. The number of aryl methyl sites for hydroxylation is 2. The molecule has 0 amide bonds. The molecule has 4 nitrogen and oxygen atoms in total. The Balaban J connectivity index is 2.00. The van der Waals surface area contributed by atoms with E-state index in [0.717, 1.165) is 33.8 Å². The fraction of sp³-hybridized carbons (Fsp3) is 0.462. The normalized spacial score (nSPS) is 14.7. The summed E-state index contributed by atoms with van der Waals surface area (Å²) < 4.78 is 12.5. The van der Waals surface area contributed by atoms with E-state index in [0.29, 0.717) is 13.1 Å². The van der Waals surface area contributed by atoms with Crippen LogP contribution in [0.15, 0.2) is 34.3 Å². The SMILES string of the molecule is Cc1cc(C(C)(C)C)cc2c1[O][Al][O]c1c(C)cc(C(C)(C)C)cc1C=NCCN=C2. The first-order chi connectivity index (χ1) is 14.5. The number of nitrogens with zero attached hydrogens (tertiary/aromatic N) is 2. The van der Waals surface area contributed by atoms with Crippen LogP contribution in [-0.4, -0.2) is 41.4 Å². The largest absolute Gasteiger partial charge is 0.881 e. The summed E-state index contributed by atoms with van der Waals surface area (Å²) in [7, 11) is 0. The lowest BCUT2D eigenvalue weighted by atomic mass is 9.85. The molecule has 0 saturated carbocycles. The predicted molar refractivity (Wildman–Crippen MR) is 132 cm³/mol. The van der Waals surface area contributed by atoms with Crippen LogP contribution < -0.4 is 7.58 Å². The summed E-state index contributed by atoms with van der Waals surface area (Å²) in [5.41, 5.74) is 6.88. The third-order valence-corrected chi connectivity index (χ3v) is 6.15. The second-order valence-electron chi connectivity index (χ2n) is 10.3. The maximum absolute atomic E-state index is 6.23. The maximum Gasteiger partial charge on any atom is 0.881 e. The van der Waals surface area contributed by atoms with E-state index < -0.39 is 15.9 Å². The minimum absolute atomic E-state index is 0.0588. The van der Waals surface area contributed by atoms with Gasteiger partial charge < -0.3 is 7.58 Å². The Labute approximate surface area is 194 Å². The van der Waals surface area contributed by atoms with E-state index in [1.807, 2.05) is 12.4 Å². The van der Waals surface area contributed by atoms with Crippen LogP contribution >= 0.6 is 0 Å². The van der Waals surface area contributed by atoms with Crippen molar-refractivity contribution in [2.75, 3.05) is 13.1 Å². The highest BCUT2D eigenvalue weighted by Gasteiger charge is 2.21. The molecule has 1 heterocycles. The van der Waals surface area contributed by atoms with Crippen molar-refractivity contribution in [2.45, 2.75) is 66.2 Å². The van der Waals surface area contributed by atoms with Crippen LogP contribution in [-0.2, 0) is 10.8 Å². The van der Waals surface area contributed by atoms with Gasteiger partial charge in [-0.25, -0.2) is 0 Å². The fourth-order valence-electron chi connectivity index (χ4n) is 3.54. The first-order valence-corrected chi connectivity index (χ1v) is 11.9. The third kappa shape index (κ3) is 5.79. The molecular formula is C26H34AlN2O2. The van der Waals surface area contributed by atoms with Crippen molar-refractivity contribution in [3.05, 3.63) is 57.6 Å². The molecule has 1 aliphatic heterocycles. The molecule has 3 rings (SSSR count). The van der Waals surface area contributed by atoms with Gasteiger partial charge in [0.05, 0.1) is 24.6 Å². The number of hydrogen-bond donors (Lipinski definition) is 0. The van der Waals surface area contributed by atoms with Crippen LogP contribution in [0.2, 0.25) is 0 Å². The first kappa shape index (κ1) is 23.6. The van der Waals surface area contributed by atoms with Gasteiger partial charge in [-0.1, -0.05) is 53.7 Å². The molecule has 0 atom stereocenters. The van der Waals surface area contributed by atoms with E-state index >= 15 is 0 Å². The molecule has 1 radical (unpaired) electrons. The van der Waals surface area contributed by atoms with Crippen LogP contribution in [0.3, 0.4) is 0 Å². The maximum atomic E-state index is 6.23. The first-order valence-electron chi connectivity index (χ1n) is 10.9. The second-order valence-corrected chi connectivity index (χ2v) is 11.0. The molecule has 0 N–H and O–H groups in total. The highest BCUT2D eigenvalue weighted by molar-refractivity contribution is 6.21. The summed E-state index contributed by atoms with van der Waals surface area (Å²) in [6, 6.07) is 8.79. The van der Waals surface area contributed by atoms with Crippen molar-refractivity contribution < 1.29 is 7.58 Å². The van der Waals surface area contributed by atoms with E-state index in [2.05, 4.69) is 89.6 Å².